The summed E-state index contributed by atoms with van der Waals surface area (Å²) in [5.74, 6) is 0.0369. The summed E-state index contributed by atoms with van der Waals surface area (Å²) in [6.45, 7) is 8.47. The van der Waals surface area contributed by atoms with Gasteiger partial charge in [0.1, 0.15) is 5.60 Å². The van der Waals surface area contributed by atoms with Crippen LogP contribution in [-0.4, -0.2) is 55.2 Å². The minimum atomic E-state index is -0.539. The summed E-state index contributed by atoms with van der Waals surface area (Å²) >= 11 is 6.23. The van der Waals surface area contributed by atoms with Crippen molar-refractivity contribution in [3.8, 4) is 0 Å². The van der Waals surface area contributed by atoms with Crippen LogP contribution in [0.5, 0.6) is 0 Å². The molecule has 2 amide bonds. The van der Waals surface area contributed by atoms with E-state index in [1.807, 2.05) is 29.2 Å². The van der Waals surface area contributed by atoms with Crippen LogP contribution >= 0.6 is 11.6 Å². The largest absolute Gasteiger partial charge is 0.444 e. The molecular formula is C18H26ClN3O3. The SMILES string of the molecule is CC(C)(C)OC(=O)NCCC(=O)N1CCN(c2ccccc2Cl)CC1. The van der Waals surface area contributed by atoms with Gasteiger partial charge >= 0.3 is 6.09 Å². The van der Waals surface area contributed by atoms with E-state index in [0.29, 0.717) is 13.1 Å². The molecular weight excluding hydrogens is 342 g/mol. The number of anilines is 1. The van der Waals surface area contributed by atoms with Crippen LogP contribution < -0.4 is 10.2 Å². The Morgan fingerprint density at radius 3 is 2.40 bits per heavy atom. The smallest absolute Gasteiger partial charge is 0.407 e. The molecule has 0 bridgehead atoms. The van der Waals surface area contributed by atoms with Gasteiger partial charge in [0.2, 0.25) is 5.91 Å². The standard InChI is InChI=1S/C18H26ClN3O3/c1-18(2,3)25-17(24)20-9-8-16(23)22-12-10-21(11-13-22)15-7-5-4-6-14(15)19/h4-7H,8-13H2,1-3H3,(H,20,24). The number of halogens is 1. The second-order valence-electron chi connectivity index (χ2n) is 7.00. The second-order valence-corrected chi connectivity index (χ2v) is 7.41. The highest BCUT2D eigenvalue weighted by atomic mass is 35.5. The van der Waals surface area contributed by atoms with Crippen molar-refractivity contribution in [3.63, 3.8) is 0 Å². The van der Waals surface area contributed by atoms with Gasteiger partial charge in [-0.1, -0.05) is 23.7 Å². The minimum Gasteiger partial charge on any atom is -0.444 e. The van der Waals surface area contributed by atoms with E-state index in [1.54, 1.807) is 20.8 Å². The number of ether oxygens (including phenoxy) is 1. The lowest BCUT2D eigenvalue weighted by molar-refractivity contribution is -0.131. The van der Waals surface area contributed by atoms with Gasteiger partial charge in [-0.05, 0) is 32.9 Å². The van der Waals surface area contributed by atoms with Gasteiger partial charge in [0.25, 0.3) is 0 Å². The normalized spacial score (nSPS) is 15.0. The zero-order valence-electron chi connectivity index (χ0n) is 15.0. The molecule has 0 aromatic heterocycles. The van der Waals surface area contributed by atoms with Crippen LogP contribution in [0.1, 0.15) is 27.2 Å². The van der Waals surface area contributed by atoms with E-state index in [4.69, 9.17) is 16.3 Å². The second kappa shape index (κ2) is 8.43. The van der Waals surface area contributed by atoms with Crippen molar-refractivity contribution in [1.82, 2.24) is 10.2 Å². The lowest BCUT2D eigenvalue weighted by atomic mass is 10.2. The third-order valence-electron chi connectivity index (χ3n) is 3.83. The Hall–Kier alpha value is -1.95. The molecule has 1 heterocycles. The third kappa shape index (κ3) is 6.12. The van der Waals surface area contributed by atoms with Crippen molar-refractivity contribution in [2.45, 2.75) is 32.8 Å². The number of piperazine rings is 1. The Labute approximate surface area is 154 Å². The van der Waals surface area contributed by atoms with Crippen LogP contribution in [0.2, 0.25) is 5.02 Å². The maximum absolute atomic E-state index is 12.3. The Morgan fingerprint density at radius 2 is 1.80 bits per heavy atom. The monoisotopic (exact) mass is 367 g/mol. The van der Waals surface area contributed by atoms with Crippen LogP contribution in [0.15, 0.2) is 24.3 Å². The molecule has 0 saturated carbocycles. The molecule has 1 aromatic carbocycles. The molecule has 0 radical (unpaired) electrons. The van der Waals surface area contributed by atoms with Gasteiger partial charge in [0, 0.05) is 39.1 Å². The maximum Gasteiger partial charge on any atom is 0.407 e. The van der Waals surface area contributed by atoms with E-state index >= 15 is 0 Å². The van der Waals surface area contributed by atoms with E-state index in [0.717, 1.165) is 23.8 Å². The topological polar surface area (TPSA) is 61.9 Å². The van der Waals surface area contributed by atoms with Gasteiger partial charge in [0.05, 0.1) is 10.7 Å². The Kier molecular flexibility index (Phi) is 6.53. The van der Waals surface area contributed by atoms with Gasteiger partial charge in [-0.25, -0.2) is 4.79 Å². The molecule has 1 fully saturated rings. The zero-order chi connectivity index (χ0) is 18.4. The number of benzene rings is 1. The zero-order valence-corrected chi connectivity index (χ0v) is 15.8. The molecule has 0 unspecified atom stereocenters. The summed E-state index contributed by atoms with van der Waals surface area (Å²) in [5.41, 5.74) is 0.464. The van der Waals surface area contributed by atoms with Gasteiger partial charge < -0.3 is 19.9 Å². The number of hydrogen-bond acceptors (Lipinski definition) is 4. The minimum absolute atomic E-state index is 0.0369. The predicted molar refractivity (Wildman–Crippen MR) is 99.1 cm³/mol. The summed E-state index contributed by atoms with van der Waals surface area (Å²) in [6, 6.07) is 7.73. The number of carbonyl (C=O) groups is 2. The first kappa shape index (κ1) is 19.4. The van der Waals surface area contributed by atoms with Crippen molar-refractivity contribution in [2.75, 3.05) is 37.6 Å². The molecule has 1 aliphatic heterocycles. The number of para-hydroxylation sites is 1. The highest BCUT2D eigenvalue weighted by molar-refractivity contribution is 6.33. The molecule has 1 aliphatic rings. The molecule has 0 atom stereocenters. The molecule has 0 aliphatic carbocycles. The number of rotatable bonds is 4. The number of carbonyl (C=O) groups excluding carboxylic acids is 2. The van der Waals surface area contributed by atoms with E-state index < -0.39 is 11.7 Å². The molecule has 7 heteroatoms. The van der Waals surface area contributed by atoms with Crippen LogP contribution in [0.3, 0.4) is 0 Å². The Morgan fingerprint density at radius 1 is 1.16 bits per heavy atom. The fourth-order valence-corrected chi connectivity index (χ4v) is 2.90. The van der Waals surface area contributed by atoms with Crippen molar-refractivity contribution >= 4 is 29.3 Å². The first-order valence-corrected chi connectivity index (χ1v) is 8.88. The summed E-state index contributed by atoms with van der Waals surface area (Å²) in [4.78, 5) is 27.8. The van der Waals surface area contributed by atoms with Crippen LogP contribution in [0, 0.1) is 0 Å². The lowest BCUT2D eigenvalue weighted by Crippen LogP contribution is -2.49. The molecule has 0 spiro atoms. The number of nitrogens with zero attached hydrogens (tertiary/aromatic N) is 2. The Balaban J connectivity index is 1.73. The van der Waals surface area contributed by atoms with Crippen molar-refractivity contribution in [2.24, 2.45) is 0 Å². The molecule has 1 saturated heterocycles. The summed E-state index contributed by atoms with van der Waals surface area (Å²) in [5, 5.41) is 3.34. The summed E-state index contributed by atoms with van der Waals surface area (Å²) < 4.78 is 5.15. The molecule has 1 N–H and O–H groups in total. The molecule has 2 rings (SSSR count). The average Bonchev–Trinajstić information content (AvgIpc) is 2.54. The summed E-state index contributed by atoms with van der Waals surface area (Å²) in [7, 11) is 0. The molecule has 25 heavy (non-hydrogen) atoms. The van der Waals surface area contributed by atoms with Gasteiger partial charge in [-0.15, -0.1) is 0 Å². The molecule has 6 nitrogen and oxygen atoms in total. The quantitative estimate of drug-likeness (QED) is 0.888. The molecule has 1 aromatic rings. The molecule has 138 valence electrons. The Bertz CT molecular complexity index is 608. The summed E-state index contributed by atoms with van der Waals surface area (Å²) in [6.07, 6.45) is -0.227. The fraction of sp³-hybridized carbons (Fsp3) is 0.556. The number of amides is 2. The number of nitrogens with one attached hydrogen (secondary N) is 1. The number of alkyl carbamates (subject to hydrolysis) is 1. The average molecular weight is 368 g/mol. The third-order valence-corrected chi connectivity index (χ3v) is 4.15. The predicted octanol–water partition coefficient (Wildman–Crippen LogP) is 2.90. The van der Waals surface area contributed by atoms with E-state index in [-0.39, 0.29) is 18.9 Å². The van der Waals surface area contributed by atoms with Gasteiger partial charge in [-0.2, -0.15) is 0 Å². The van der Waals surface area contributed by atoms with Gasteiger partial charge in [-0.3, -0.25) is 4.79 Å². The van der Waals surface area contributed by atoms with Crippen molar-refractivity contribution in [3.05, 3.63) is 29.3 Å². The van der Waals surface area contributed by atoms with E-state index in [2.05, 4.69) is 10.2 Å². The fourth-order valence-electron chi connectivity index (χ4n) is 2.65. The first-order chi connectivity index (χ1) is 11.8. The van der Waals surface area contributed by atoms with Crippen molar-refractivity contribution < 1.29 is 14.3 Å². The van der Waals surface area contributed by atoms with Crippen molar-refractivity contribution in [1.29, 1.82) is 0 Å². The lowest BCUT2D eigenvalue weighted by Gasteiger charge is -2.36. The van der Waals surface area contributed by atoms with Crippen LogP contribution in [-0.2, 0) is 9.53 Å². The maximum atomic E-state index is 12.3. The van der Waals surface area contributed by atoms with E-state index in [9.17, 15) is 9.59 Å². The van der Waals surface area contributed by atoms with E-state index in [1.165, 1.54) is 0 Å². The first-order valence-electron chi connectivity index (χ1n) is 8.50. The van der Waals surface area contributed by atoms with Crippen LogP contribution in [0.25, 0.3) is 0 Å². The highest BCUT2D eigenvalue weighted by Crippen LogP contribution is 2.26. The number of hydrogen-bond donors (Lipinski definition) is 1. The van der Waals surface area contributed by atoms with Gasteiger partial charge in [0.15, 0.2) is 0 Å². The highest BCUT2D eigenvalue weighted by Gasteiger charge is 2.22. The van der Waals surface area contributed by atoms with Crippen LogP contribution in [0.4, 0.5) is 10.5 Å².